The predicted molar refractivity (Wildman–Crippen MR) is 117 cm³/mol. The van der Waals surface area contributed by atoms with E-state index in [0.29, 0.717) is 17.7 Å². The van der Waals surface area contributed by atoms with Gasteiger partial charge in [0.1, 0.15) is 4.88 Å². The van der Waals surface area contributed by atoms with Crippen molar-refractivity contribution in [1.82, 2.24) is 0 Å². The minimum Gasteiger partial charge on any atom is -0.477 e. The third kappa shape index (κ3) is 8.02. The number of rotatable bonds is 12. The van der Waals surface area contributed by atoms with Crippen LogP contribution in [-0.2, 0) is 6.42 Å². The van der Waals surface area contributed by atoms with Crippen LogP contribution < -0.4 is 0 Å². The third-order valence-corrected chi connectivity index (χ3v) is 7.27. The Balaban J connectivity index is 1.81. The molecule has 0 radical (unpaired) electrons. The minimum atomic E-state index is -0.893. The van der Waals surface area contributed by atoms with Gasteiger partial charge in [0, 0.05) is 16.2 Å². The number of aryl methyl sites for hydroxylation is 1. The Morgan fingerprint density at radius 2 is 2.00 bits per heavy atom. The maximum atomic E-state index is 11.0. The lowest BCUT2D eigenvalue weighted by Crippen LogP contribution is -2.19. The second kappa shape index (κ2) is 12.1. The molecule has 1 aliphatic carbocycles. The number of carboxylic acids is 1. The summed E-state index contributed by atoms with van der Waals surface area (Å²) >= 11 is 7.79. The van der Waals surface area contributed by atoms with Gasteiger partial charge in [0.2, 0.25) is 0 Å². The standard InChI is InChI=1S/C22H33ClO5S/c1-14(24)5-2-3-6-15(25)9-11-18-17(19(23)13-20(18)26)8-4-7-16-10-12-21(29-16)22(27)28/h9-12,14-15,17-20,24-26H,2-8,13H2,1H3,(H,27,28)/b11-9+/t14-,15+,17-,18-,19-,20-/m1/s1. The maximum absolute atomic E-state index is 11.0. The van der Waals surface area contributed by atoms with Crippen molar-refractivity contribution in [3.63, 3.8) is 0 Å². The van der Waals surface area contributed by atoms with E-state index in [-0.39, 0.29) is 23.3 Å². The summed E-state index contributed by atoms with van der Waals surface area (Å²) in [7, 11) is 0. The van der Waals surface area contributed by atoms with E-state index in [0.717, 1.165) is 43.4 Å². The van der Waals surface area contributed by atoms with Crippen LogP contribution in [0, 0.1) is 11.8 Å². The van der Waals surface area contributed by atoms with Gasteiger partial charge in [0.05, 0.1) is 18.3 Å². The molecular weight excluding hydrogens is 412 g/mol. The van der Waals surface area contributed by atoms with E-state index in [1.807, 2.05) is 12.1 Å². The van der Waals surface area contributed by atoms with Gasteiger partial charge in [-0.2, -0.15) is 0 Å². The van der Waals surface area contributed by atoms with E-state index >= 15 is 0 Å². The molecule has 4 N–H and O–H groups in total. The molecule has 7 heteroatoms. The van der Waals surface area contributed by atoms with E-state index in [9.17, 15) is 20.1 Å². The first kappa shape index (κ1) is 24.4. The molecular formula is C22H33ClO5S. The van der Waals surface area contributed by atoms with Crippen molar-refractivity contribution in [2.75, 3.05) is 0 Å². The van der Waals surface area contributed by atoms with Gasteiger partial charge in [-0.25, -0.2) is 4.79 Å². The van der Waals surface area contributed by atoms with Gasteiger partial charge in [0.25, 0.3) is 0 Å². The molecule has 6 atom stereocenters. The van der Waals surface area contributed by atoms with Gasteiger partial charge in [-0.05, 0) is 63.5 Å². The lowest BCUT2D eigenvalue weighted by Gasteiger charge is -2.21. The molecule has 1 aromatic heterocycles. The Morgan fingerprint density at radius 1 is 1.28 bits per heavy atom. The first-order chi connectivity index (χ1) is 13.8. The number of halogens is 1. The summed E-state index contributed by atoms with van der Waals surface area (Å²) in [5.74, 6) is -0.817. The highest BCUT2D eigenvalue weighted by Crippen LogP contribution is 2.40. The number of carboxylic acid groups (broad SMARTS) is 1. The highest BCUT2D eigenvalue weighted by atomic mass is 35.5. The molecule has 0 amide bonds. The largest absolute Gasteiger partial charge is 0.477 e. The summed E-state index contributed by atoms with van der Waals surface area (Å²) in [6.45, 7) is 1.77. The second-order valence-corrected chi connectivity index (χ2v) is 9.84. The fraction of sp³-hybridized carbons (Fsp3) is 0.682. The van der Waals surface area contributed by atoms with Crippen LogP contribution in [0.3, 0.4) is 0 Å². The van der Waals surface area contributed by atoms with E-state index in [2.05, 4.69) is 0 Å². The lowest BCUT2D eigenvalue weighted by atomic mass is 9.89. The van der Waals surface area contributed by atoms with Crippen molar-refractivity contribution in [3.05, 3.63) is 34.0 Å². The molecule has 0 aromatic carbocycles. The number of aliphatic hydroxyl groups excluding tert-OH is 3. The zero-order valence-corrected chi connectivity index (χ0v) is 18.5. The molecule has 0 saturated heterocycles. The predicted octanol–water partition coefficient (Wildman–Crippen LogP) is 4.23. The number of unbranched alkanes of at least 4 members (excludes halogenated alkanes) is 1. The fourth-order valence-electron chi connectivity index (χ4n) is 4.02. The smallest absolute Gasteiger partial charge is 0.345 e. The van der Waals surface area contributed by atoms with Crippen LogP contribution in [0.5, 0.6) is 0 Å². The van der Waals surface area contributed by atoms with E-state index < -0.39 is 18.2 Å². The molecule has 0 spiro atoms. The third-order valence-electron chi connectivity index (χ3n) is 5.63. The number of hydrogen-bond acceptors (Lipinski definition) is 5. The Kier molecular flexibility index (Phi) is 10.1. The molecule has 29 heavy (non-hydrogen) atoms. The van der Waals surface area contributed by atoms with Crippen molar-refractivity contribution >= 4 is 28.9 Å². The monoisotopic (exact) mass is 444 g/mol. The SMILES string of the molecule is C[C@@H](O)CCCC[C@H](O)/C=C/[C@@H]1[C@@H](CCCc2ccc(C(=O)O)s2)[C@H](Cl)C[C@H]1O. The van der Waals surface area contributed by atoms with E-state index in [1.165, 1.54) is 11.3 Å². The molecule has 0 aliphatic heterocycles. The van der Waals surface area contributed by atoms with Crippen molar-refractivity contribution in [3.8, 4) is 0 Å². The Labute approximate surface area is 182 Å². The van der Waals surface area contributed by atoms with Gasteiger partial charge in [-0.15, -0.1) is 22.9 Å². The molecule has 1 heterocycles. The van der Waals surface area contributed by atoms with Gasteiger partial charge in [-0.3, -0.25) is 0 Å². The van der Waals surface area contributed by atoms with E-state index in [1.54, 1.807) is 19.1 Å². The number of aliphatic hydroxyl groups is 3. The summed E-state index contributed by atoms with van der Waals surface area (Å²) in [5.41, 5.74) is 0. The van der Waals surface area contributed by atoms with Crippen LogP contribution >= 0.6 is 22.9 Å². The zero-order valence-electron chi connectivity index (χ0n) is 16.9. The first-order valence-electron chi connectivity index (χ1n) is 10.5. The molecule has 5 nitrogen and oxygen atoms in total. The highest BCUT2D eigenvalue weighted by molar-refractivity contribution is 7.13. The average Bonchev–Trinajstić information content (AvgIpc) is 3.22. The molecule has 1 aliphatic rings. The number of alkyl halides is 1. The van der Waals surface area contributed by atoms with Crippen molar-refractivity contribution < 1.29 is 25.2 Å². The summed E-state index contributed by atoms with van der Waals surface area (Å²) in [5, 5.41) is 38.8. The molecule has 0 bridgehead atoms. The number of hydrogen-bond donors (Lipinski definition) is 4. The average molecular weight is 445 g/mol. The number of thiophene rings is 1. The summed E-state index contributed by atoms with van der Waals surface area (Å²) in [4.78, 5) is 12.4. The van der Waals surface area contributed by atoms with Crippen molar-refractivity contribution in [2.24, 2.45) is 11.8 Å². The summed E-state index contributed by atoms with van der Waals surface area (Å²) < 4.78 is 0. The Morgan fingerprint density at radius 3 is 2.66 bits per heavy atom. The van der Waals surface area contributed by atoms with Crippen LogP contribution in [0.25, 0.3) is 0 Å². The zero-order chi connectivity index (χ0) is 21.4. The van der Waals surface area contributed by atoms with Crippen LogP contribution in [0.15, 0.2) is 24.3 Å². The van der Waals surface area contributed by atoms with Crippen LogP contribution in [-0.4, -0.2) is 50.1 Å². The minimum absolute atomic E-state index is 0.0671. The molecule has 1 aromatic rings. The topological polar surface area (TPSA) is 98.0 Å². The lowest BCUT2D eigenvalue weighted by molar-refractivity contribution is 0.0702. The summed E-state index contributed by atoms with van der Waals surface area (Å²) in [6.07, 6.45) is 8.55. The molecule has 1 fully saturated rings. The fourth-order valence-corrected chi connectivity index (χ4v) is 5.38. The van der Waals surface area contributed by atoms with Crippen LogP contribution in [0.1, 0.15) is 66.4 Å². The van der Waals surface area contributed by atoms with Gasteiger partial charge < -0.3 is 20.4 Å². The Hall–Kier alpha value is -0.920. The van der Waals surface area contributed by atoms with Crippen LogP contribution in [0.4, 0.5) is 0 Å². The second-order valence-electron chi connectivity index (χ2n) is 8.11. The molecule has 1 saturated carbocycles. The maximum Gasteiger partial charge on any atom is 0.345 e. The van der Waals surface area contributed by atoms with Crippen molar-refractivity contribution in [1.29, 1.82) is 0 Å². The summed E-state index contributed by atoms with van der Waals surface area (Å²) in [6, 6.07) is 3.50. The quantitative estimate of drug-likeness (QED) is 0.220. The number of carbonyl (C=O) groups is 1. The van der Waals surface area contributed by atoms with Gasteiger partial charge in [-0.1, -0.05) is 25.0 Å². The van der Waals surface area contributed by atoms with E-state index in [4.69, 9.17) is 16.7 Å². The van der Waals surface area contributed by atoms with Crippen molar-refractivity contribution in [2.45, 2.75) is 82.0 Å². The number of aromatic carboxylic acids is 1. The normalized spacial score (nSPS) is 26.8. The molecule has 2 rings (SSSR count). The highest BCUT2D eigenvalue weighted by Gasteiger charge is 2.39. The molecule has 0 unspecified atom stereocenters. The van der Waals surface area contributed by atoms with Crippen LogP contribution in [0.2, 0.25) is 0 Å². The Bertz CT molecular complexity index is 659. The first-order valence-corrected chi connectivity index (χ1v) is 11.7. The van der Waals surface area contributed by atoms with Gasteiger partial charge in [0.15, 0.2) is 0 Å². The molecule has 164 valence electrons. The van der Waals surface area contributed by atoms with Gasteiger partial charge >= 0.3 is 5.97 Å².